The molecule has 0 fully saturated rings. The fourth-order valence-corrected chi connectivity index (χ4v) is 1.41. The first-order valence-corrected chi connectivity index (χ1v) is 5.99. The summed E-state index contributed by atoms with van der Waals surface area (Å²) >= 11 is 0. The number of rotatable bonds is 6. The normalized spacial score (nSPS) is 10.0. The van der Waals surface area contributed by atoms with Gasteiger partial charge in [-0.1, -0.05) is 12.1 Å². The van der Waals surface area contributed by atoms with Crippen LogP contribution in [0.1, 0.15) is 15.9 Å². The third kappa shape index (κ3) is 5.39. The van der Waals surface area contributed by atoms with Crippen molar-refractivity contribution in [2.45, 2.75) is 6.54 Å². The molecule has 1 aromatic rings. The lowest BCUT2D eigenvalue weighted by molar-refractivity contribution is 0.0697. The predicted octanol–water partition coefficient (Wildman–Crippen LogP) is 0.746. The number of benzene rings is 1. The van der Waals surface area contributed by atoms with E-state index >= 15 is 0 Å². The van der Waals surface area contributed by atoms with Crippen molar-refractivity contribution in [3.63, 3.8) is 0 Å². The van der Waals surface area contributed by atoms with Crippen LogP contribution in [0.15, 0.2) is 24.3 Å². The number of aromatic carboxylic acids is 1. The molecule has 0 saturated carbocycles. The summed E-state index contributed by atoms with van der Waals surface area (Å²) in [6, 6.07) is 6.58. The van der Waals surface area contributed by atoms with Gasteiger partial charge in [0.25, 0.3) is 0 Å². The molecular formula is C13H19N3O3. The first-order valence-electron chi connectivity index (χ1n) is 5.99. The van der Waals surface area contributed by atoms with Crippen LogP contribution < -0.4 is 10.6 Å². The first kappa shape index (κ1) is 15.0. The van der Waals surface area contributed by atoms with Crippen LogP contribution in [0.3, 0.4) is 0 Å². The first-order chi connectivity index (χ1) is 9.00. The average molecular weight is 265 g/mol. The third-order valence-corrected chi connectivity index (χ3v) is 2.51. The van der Waals surface area contributed by atoms with Gasteiger partial charge in [-0.3, -0.25) is 0 Å². The van der Waals surface area contributed by atoms with Crippen molar-refractivity contribution < 1.29 is 14.7 Å². The number of nitrogens with one attached hydrogen (secondary N) is 2. The van der Waals surface area contributed by atoms with E-state index < -0.39 is 5.97 Å². The van der Waals surface area contributed by atoms with Crippen molar-refractivity contribution in [1.29, 1.82) is 0 Å². The molecule has 0 unspecified atom stereocenters. The van der Waals surface area contributed by atoms with E-state index in [1.165, 1.54) is 4.90 Å². The van der Waals surface area contributed by atoms with Crippen molar-refractivity contribution in [2.75, 3.05) is 27.2 Å². The van der Waals surface area contributed by atoms with Crippen molar-refractivity contribution in [1.82, 2.24) is 15.5 Å². The van der Waals surface area contributed by atoms with Crippen LogP contribution in [-0.4, -0.2) is 49.2 Å². The van der Waals surface area contributed by atoms with Gasteiger partial charge in [0.1, 0.15) is 0 Å². The highest BCUT2D eigenvalue weighted by atomic mass is 16.4. The molecule has 0 bridgehead atoms. The van der Waals surface area contributed by atoms with Crippen molar-refractivity contribution in [2.24, 2.45) is 0 Å². The van der Waals surface area contributed by atoms with Crippen molar-refractivity contribution >= 4 is 12.0 Å². The van der Waals surface area contributed by atoms with E-state index in [2.05, 4.69) is 10.6 Å². The number of carboxylic acids is 1. The Kier molecular flexibility index (Phi) is 5.81. The number of hydrogen-bond acceptors (Lipinski definition) is 3. The van der Waals surface area contributed by atoms with Gasteiger partial charge in [0.05, 0.1) is 5.56 Å². The number of hydrogen-bond donors (Lipinski definition) is 3. The minimum atomic E-state index is -0.925. The molecule has 2 amide bonds. The number of urea groups is 1. The van der Waals surface area contributed by atoms with Crippen LogP contribution in [0.4, 0.5) is 4.79 Å². The fourth-order valence-electron chi connectivity index (χ4n) is 1.41. The topological polar surface area (TPSA) is 81.7 Å². The maximum atomic E-state index is 11.2. The molecule has 0 aromatic heterocycles. The fraction of sp³-hybridized carbons (Fsp3) is 0.385. The Balaban J connectivity index is 2.22. The largest absolute Gasteiger partial charge is 0.478 e. The Morgan fingerprint density at radius 2 is 1.79 bits per heavy atom. The molecule has 0 heterocycles. The van der Waals surface area contributed by atoms with Gasteiger partial charge in [-0.25, -0.2) is 9.59 Å². The minimum Gasteiger partial charge on any atom is -0.478 e. The molecule has 6 heteroatoms. The molecule has 0 spiro atoms. The summed E-state index contributed by atoms with van der Waals surface area (Å²) in [7, 11) is 3.37. The van der Waals surface area contributed by atoms with Gasteiger partial charge in [0, 0.05) is 33.7 Å². The third-order valence-electron chi connectivity index (χ3n) is 2.51. The molecule has 0 aliphatic heterocycles. The number of amides is 2. The van der Waals surface area contributed by atoms with Crippen molar-refractivity contribution in [3.05, 3.63) is 35.4 Å². The molecule has 0 saturated heterocycles. The van der Waals surface area contributed by atoms with Gasteiger partial charge >= 0.3 is 12.0 Å². The SMILES string of the molecule is CN(C)C(=O)NCCNCc1ccc(C(=O)O)cc1. The van der Waals surface area contributed by atoms with E-state index in [1.807, 2.05) is 0 Å². The summed E-state index contributed by atoms with van der Waals surface area (Å²) < 4.78 is 0. The van der Waals surface area contributed by atoms with E-state index in [4.69, 9.17) is 5.11 Å². The molecule has 3 N–H and O–H groups in total. The lowest BCUT2D eigenvalue weighted by Crippen LogP contribution is -2.38. The van der Waals surface area contributed by atoms with Crippen LogP contribution in [-0.2, 0) is 6.54 Å². The zero-order valence-electron chi connectivity index (χ0n) is 11.1. The van der Waals surface area contributed by atoms with Gasteiger partial charge in [-0.05, 0) is 17.7 Å². The number of nitrogens with zero attached hydrogens (tertiary/aromatic N) is 1. The highest BCUT2D eigenvalue weighted by molar-refractivity contribution is 5.87. The molecular weight excluding hydrogens is 246 g/mol. The molecule has 0 radical (unpaired) electrons. The molecule has 0 atom stereocenters. The summed E-state index contributed by atoms with van der Waals surface area (Å²) in [6.07, 6.45) is 0. The van der Waals surface area contributed by atoms with E-state index in [1.54, 1.807) is 38.4 Å². The van der Waals surface area contributed by atoms with Gasteiger partial charge in [-0.15, -0.1) is 0 Å². The molecule has 0 aliphatic carbocycles. The molecule has 104 valence electrons. The van der Waals surface area contributed by atoms with Crippen LogP contribution in [0.25, 0.3) is 0 Å². The number of carboxylic acid groups (broad SMARTS) is 1. The Morgan fingerprint density at radius 3 is 2.32 bits per heavy atom. The van der Waals surface area contributed by atoms with Crippen molar-refractivity contribution in [3.8, 4) is 0 Å². The van der Waals surface area contributed by atoms with Gasteiger partial charge < -0.3 is 20.6 Å². The van der Waals surface area contributed by atoms with E-state index in [9.17, 15) is 9.59 Å². The second-order valence-electron chi connectivity index (χ2n) is 4.31. The van der Waals surface area contributed by atoms with E-state index in [0.29, 0.717) is 19.6 Å². The van der Waals surface area contributed by atoms with Crippen LogP contribution in [0.2, 0.25) is 0 Å². The smallest absolute Gasteiger partial charge is 0.335 e. The standard InChI is InChI=1S/C13H19N3O3/c1-16(2)13(19)15-8-7-14-9-10-3-5-11(6-4-10)12(17)18/h3-6,14H,7-9H2,1-2H3,(H,15,19)(H,17,18). The Morgan fingerprint density at radius 1 is 1.16 bits per heavy atom. The maximum Gasteiger partial charge on any atom is 0.335 e. The number of carbonyl (C=O) groups is 2. The summed E-state index contributed by atoms with van der Waals surface area (Å²) in [5.74, 6) is -0.925. The lowest BCUT2D eigenvalue weighted by atomic mass is 10.1. The molecule has 0 aliphatic rings. The summed E-state index contributed by atoms with van der Waals surface area (Å²) in [4.78, 5) is 23.4. The maximum absolute atomic E-state index is 11.2. The van der Waals surface area contributed by atoms with Crippen LogP contribution in [0, 0.1) is 0 Å². The van der Waals surface area contributed by atoms with Gasteiger partial charge in [0.15, 0.2) is 0 Å². The molecule has 19 heavy (non-hydrogen) atoms. The van der Waals surface area contributed by atoms with E-state index in [0.717, 1.165) is 5.56 Å². The Bertz CT molecular complexity index is 429. The zero-order chi connectivity index (χ0) is 14.3. The predicted molar refractivity (Wildman–Crippen MR) is 72.2 cm³/mol. The average Bonchev–Trinajstić information content (AvgIpc) is 2.38. The second-order valence-corrected chi connectivity index (χ2v) is 4.31. The highest BCUT2D eigenvalue weighted by Crippen LogP contribution is 2.03. The molecule has 6 nitrogen and oxygen atoms in total. The monoisotopic (exact) mass is 265 g/mol. The summed E-state index contributed by atoms with van der Waals surface area (Å²) in [5, 5.41) is 14.7. The van der Waals surface area contributed by atoms with Crippen LogP contribution >= 0.6 is 0 Å². The number of carbonyl (C=O) groups excluding carboxylic acids is 1. The van der Waals surface area contributed by atoms with Crippen LogP contribution in [0.5, 0.6) is 0 Å². The second kappa shape index (κ2) is 7.38. The zero-order valence-corrected chi connectivity index (χ0v) is 11.1. The minimum absolute atomic E-state index is 0.118. The van der Waals surface area contributed by atoms with Gasteiger partial charge in [0.2, 0.25) is 0 Å². The quantitative estimate of drug-likeness (QED) is 0.663. The summed E-state index contributed by atoms with van der Waals surface area (Å²) in [5.41, 5.74) is 1.28. The highest BCUT2D eigenvalue weighted by Gasteiger charge is 2.02. The Hall–Kier alpha value is -2.08. The van der Waals surface area contributed by atoms with Gasteiger partial charge in [-0.2, -0.15) is 0 Å². The molecule has 1 aromatic carbocycles. The molecule has 1 rings (SSSR count). The Labute approximate surface area is 112 Å². The summed E-state index contributed by atoms with van der Waals surface area (Å²) in [6.45, 7) is 1.84. The van der Waals surface area contributed by atoms with E-state index in [-0.39, 0.29) is 11.6 Å². The lowest BCUT2D eigenvalue weighted by Gasteiger charge is -2.12.